The first-order valence-corrected chi connectivity index (χ1v) is 6.01. The minimum atomic E-state index is 0.0237. The van der Waals surface area contributed by atoms with Crippen molar-refractivity contribution in [3.05, 3.63) is 23.8 Å². The maximum atomic E-state index is 8.99. The summed E-state index contributed by atoms with van der Waals surface area (Å²) in [4.78, 5) is 0. The number of hydrogen-bond donors (Lipinski definition) is 1. The first-order chi connectivity index (χ1) is 7.33. The topological polar surface area (TPSA) is 38.7 Å². The van der Waals surface area contributed by atoms with Gasteiger partial charge in [-0.1, -0.05) is 6.07 Å². The molecule has 1 aliphatic rings. The van der Waals surface area contributed by atoms with E-state index < -0.39 is 0 Å². The van der Waals surface area contributed by atoms with E-state index in [1.165, 1.54) is 0 Å². The van der Waals surface area contributed by atoms with Crippen LogP contribution in [0.2, 0.25) is 0 Å². The summed E-state index contributed by atoms with van der Waals surface area (Å²) in [6, 6.07) is 5.51. The molecule has 0 spiro atoms. The van der Waals surface area contributed by atoms with Gasteiger partial charge in [-0.3, -0.25) is 0 Å². The van der Waals surface area contributed by atoms with Gasteiger partial charge in [-0.25, -0.2) is 0 Å². The largest absolute Gasteiger partial charge is 0.493 e. The highest BCUT2D eigenvalue weighted by atomic mass is 32.2. The van der Waals surface area contributed by atoms with E-state index in [0.29, 0.717) is 11.9 Å². The van der Waals surface area contributed by atoms with Gasteiger partial charge in [0.25, 0.3) is 0 Å². The van der Waals surface area contributed by atoms with Crippen LogP contribution in [0.25, 0.3) is 0 Å². The fourth-order valence-corrected chi connectivity index (χ4v) is 1.93. The van der Waals surface area contributed by atoms with Gasteiger partial charge in [0.15, 0.2) is 11.5 Å². The van der Waals surface area contributed by atoms with Crippen molar-refractivity contribution in [2.75, 3.05) is 18.6 Å². The molecule has 2 rings (SSSR count). The van der Waals surface area contributed by atoms with Gasteiger partial charge in [-0.05, 0) is 17.7 Å². The molecule has 0 aliphatic carbocycles. The van der Waals surface area contributed by atoms with Crippen molar-refractivity contribution in [3.8, 4) is 11.5 Å². The first kappa shape index (κ1) is 10.6. The molecule has 0 saturated carbocycles. The highest BCUT2D eigenvalue weighted by Gasteiger charge is 2.21. The standard InChI is InChI=1S/C11H14O3S/c1-13-11-4-8(5-12)2-3-10(11)14-9-6-15-7-9/h2-4,9,12H,5-7H2,1H3. The van der Waals surface area contributed by atoms with Gasteiger partial charge in [0.05, 0.1) is 13.7 Å². The van der Waals surface area contributed by atoms with Crippen molar-refractivity contribution in [2.45, 2.75) is 12.7 Å². The summed E-state index contributed by atoms with van der Waals surface area (Å²) in [7, 11) is 1.61. The molecule has 0 unspecified atom stereocenters. The third-order valence-electron chi connectivity index (χ3n) is 2.31. The molecule has 1 fully saturated rings. The molecule has 1 N–H and O–H groups in total. The number of rotatable bonds is 4. The lowest BCUT2D eigenvalue weighted by Crippen LogP contribution is -2.31. The number of thioether (sulfide) groups is 1. The minimum Gasteiger partial charge on any atom is -0.493 e. The van der Waals surface area contributed by atoms with Crippen LogP contribution in [0.5, 0.6) is 11.5 Å². The summed E-state index contributed by atoms with van der Waals surface area (Å²) < 4.78 is 11.0. The maximum Gasteiger partial charge on any atom is 0.161 e. The van der Waals surface area contributed by atoms with E-state index in [9.17, 15) is 0 Å². The molecule has 3 nitrogen and oxygen atoms in total. The van der Waals surface area contributed by atoms with Crippen LogP contribution in [0.15, 0.2) is 18.2 Å². The van der Waals surface area contributed by atoms with Crippen LogP contribution >= 0.6 is 11.8 Å². The molecule has 1 saturated heterocycles. The second-order valence-electron chi connectivity index (χ2n) is 3.42. The number of aliphatic hydroxyl groups is 1. The van der Waals surface area contributed by atoms with Gasteiger partial charge in [0.1, 0.15) is 6.10 Å². The van der Waals surface area contributed by atoms with Crippen molar-refractivity contribution >= 4 is 11.8 Å². The van der Waals surface area contributed by atoms with Crippen LogP contribution < -0.4 is 9.47 Å². The Morgan fingerprint density at radius 1 is 1.40 bits per heavy atom. The highest BCUT2D eigenvalue weighted by molar-refractivity contribution is 8.00. The second kappa shape index (κ2) is 4.77. The Balaban J connectivity index is 2.13. The summed E-state index contributed by atoms with van der Waals surface area (Å²) in [5.74, 6) is 3.55. The molecule has 0 bridgehead atoms. The third-order valence-corrected chi connectivity index (χ3v) is 3.53. The predicted octanol–water partition coefficient (Wildman–Crippen LogP) is 1.68. The van der Waals surface area contributed by atoms with Crippen molar-refractivity contribution in [1.82, 2.24) is 0 Å². The molecule has 0 aromatic heterocycles. The average Bonchev–Trinajstić information content (AvgIpc) is 2.23. The lowest BCUT2D eigenvalue weighted by atomic mass is 10.2. The molecule has 0 atom stereocenters. The zero-order valence-corrected chi connectivity index (χ0v) is 9.42. The van der Waals surface area contributed by atoms with Crippen LogP contribution in [0.4, 0.5) is 0 Å². The molecule has 4 heteroatoms. The minimum absolute atomic E-state index is 0.0237. The monoisotopic (exact) mass is 226 g/mol. The summed E-state index contributed by atoms with van der Waals surface area (Å²) in [5.41, 5.74) is 0.835. The van der Waals surface area contributed by atoms with Gasteiger partial charge in [0, 0.05) is 11.5 Å². The van der Waals surface area contributed by atoms with Crippen LogP contribution in [0.1, 0.15) is 5.56 Å². The van der Waals surface area contributed by atoms with Crippen molar-refractivity contribution < 1.29 is 14.6 Å². The second-order valence-corrected chi connectivity index (χ2v) is 4.50. The highest BCUT2D eigenvalue weighted by Crippen LogP contribution is 2.32. The Hall–Kier alpha value is -0.870. The zero-order valence-electron chi connectivity index (χ0n) is 8.60. The van der Waals surface area contributed by atoms with Gasteiger partial charge < -0.3 is 14.6 Å². The molecule has 15 heavy (non-hydrogen) atoms. The number of aliphatic hydroxyl groups excluding tert-OH is 1. The Bertz CT molecular complexity index is 337. The maximum absolute atomic E-state index is 8.99. The zero-order chi connectivity index (χ0) is 10.7. The van der Waals surface area contributed by atoms with Gasteiger partial charge in [-0.2, -0.15) is 11.8 Å². The van der Waals surface area contributed by atoms with Crippen LogP contribution in [0, 0.1) is 0 Å². The normalized spacial score (nSPS) is 15.9. The number of ether oxygens (including phenoxy) is 2. The summed E-state index contributed by atoms with van der Waals surface area (Å²) in [6.07, 6.45) is 0.309. The molecular weight excluding hydrogens is 212 g/mol. The molecule has 1 aromatic rings. The molecular formula is C11H14O3S. The van der Waals surface area contributed by atoms with Crippen LogP contribution in [-0.4, -0.2) is 29.8 Å². The Labute approximate surface area is 93.4 Å². The van der Waals surface area contributed by atoms with E-state index in [1.54, 1.807) is 13.2 Å². The molecule has 82 valence electrons. The van der Waals surface area contributed by atoms with E-state index in [4.69, 9.17) is 14.6 Å². The third kappa shape index (κ3) is 2.38. The van der Waals surface area contributed by atoms with Crippen molar-refractivity contribution in [3.63, 3.8) is 0 Å². The van der Waals surface area contributed by atoms with Gasteiger partial charge >= 0.3 is 0 Å². The first-order valence-electron chi connectivity index (χ1n) is 4.85. The average molecular weight is 226 g/mol. The molecule has 1 heterocycles. The lowest BCUT2D eigenvalue weighted by molar-refractivity contribution is 0.227. The van der Waals surface area contributed by atoms with Gasteiger partial charge in [-0.15, -0.1) is 0 Å². The van der Waals surface area contributed by atoms with E-state index in [0.717, 1.165) is 22.8 Å². The van der Waals surface area contributed by atoms with Crippen LogP contribution in [0.3, 0.4) is 0 Å². The molecule has 1 aliphatic heterocycles. The predicted molar refractivity (Wildman–Crippen MR) is 60.7 cm³/mol. The van der Waals surface area contributed by atoms with E-state index in [-0.39, 0.29) is 6.61 Å². The van der Waals surface area contributed by atoms with E-state index >= 15 is 0 Å². The Morgan fingerprint density at radius 3 is 2.73 bits per heavy atom. The molecule has 1 aromatic carbocycles. The summed E-state index contributed by atoms with van der Waals surface area (Å²) >= 11 is 1.88. The van der Waals surface area contributed by atoms with Crippen molar-refractivity contribution in [1.29, 1.82) is 0 Å². The fourth-order valence-electron chi connectivity index (χ4n) is 1.37. The molecule has 0 amide bonds. The van der Waals surface area contributed by atoms with E-state index in [2.05, 4.69) is 0 Å². The molecule has 0 radical (unpaired) electrons. The van der Waals surface area contributed by atoms with Gasteiger partial charge in [0.2, 0.25) is 0 Å². The SMILES string of the molecule is COc1cc(CO)ccc1OC1CSC1. The fraction of sp³-hybridized carbons (Fsp3) is 0.455. The smallest absolute Gasteiger partial charge is 0.161 e. The van der Waals surface area contributed by atoms with Crippen LogP contribution in [-0.2, 0) is 6.61 Å². The number of hydrogen-bond acceptors (Lipinski definition) is 4. The number of benzene rings is 1. The van der Waals surface area contributed by atoms with Crippen molar-refractivity contribution in [2.24, 2.45) is 0 Å². The summed E-state index contributed by atoms with van der Waals surface area (Å²) in [6.45, 7) is 0.0237. The summed E-state index contributed by atoms with van der Waals surface area (Å²) in [5, 5.41) is 8.99. The van der Waals surface area contributed by atoms with E-state index in [1.807, 2.05) is 23.9 Å². The number of methoxy groups -OCH3 is 1. The quantitative estimate of drug-likeness (QED) is 0.847. The Morgan fingerprint density at radius 2 is 2.20 bits per heavy atom. The Kier molecular flexibility index (Phi) is 3.38. The lowest BCUT2D eigenvalue weighted by Gasteiger charge is -2.26.